The highest BCUT2D eigenvalue weighted by Gasteiger charge is 2.09. The first-order valence-corrected chi connectivity index (χ1v) is 6.16. The number of rotatable bonds is 6. The Morgan fingerprint density at radius 3 is 2.65 bits per heavy atom. The molecule has 1 rings (SSSR count). The first kappa shape index (κ1) is 14.4. The number of benzene rings is 1. The van der Waals surface area contributed by atoms with Crippen molar-refractivity contribution in [2.45, 2.75) is 18.9 Å². The van der Waals surface area contributed by atoms with Gasteiger partial charge in [0.1, 0.15) is 5.82 Å². The normalized spacial score (nSPS) is 13.1. The average molecular weight is 259 g/mol. The summed E-state index contributed by atoms with van der Waals surface area (Å²) in [5.74, 6) is -0.357. The van der Waals surface area contributed by atoms with E-state index in [-0.39, 0.29) is 10.8 Å². The molecule has 0 aliphatic heterocycles. The molecule has 0 amide bonds. The SMILES string of the molecule is CNC(CCN(C)C)Cc1ccc(F)c(Cl)c1. The number of hydrogen-bond donors (Lipinski definition) is 1. The molecule has 4 heteroatoms. The fourth-order valence-electron chi connectivity index (χ4n) is 1.71. The summed E-state index contributed by atoms with van der Waals surface area (Å²) in [6.45, 7) is 1.03. The van der Waals surface area contributed by atoms with Crippen LogP contribution in [0, 0.1) is 5.82 Å². The highest BCUT2D eigenvalue weighted by atomic mass is 35.5. The van der Waals surface area contributed by atoms with E-state index in [1.807, 2.05) is 7.05 Å². The molecular formula is C13H20ClFN2. The second kappa shape index (κ2) is 6.94. The van der Waals surface area contributed by atoms with Gasteiger partial charge in [-0.2, -0.15) is 0 Å². The van der Waals surface area contributed by atoms with Crippen molar-refractivity contribution in [3.05, 3.63) is 34.6 Å². The van der Waals surface area contributed by atoms with Crippen LogP contribution in [-0.4, -0.2) is 38.6 Å². The first-order valence-electron chi connectivity index (χ1n) is 5.79. The van der Waals surface area contributed by atoms with Crippen LogP contribution in [0.2, 0.25) is 5.02 Å². The minimum Gasteiger partial charge on any atom is -0.317 e. The van der Waals surface area contributed by atoms with Gasteiger partial charge in [-0.3, -0.25) is 0 Å². The fourth-order valence-corrected chi connectivity index (χ4v) is 1.92. The van der Waals surface area contributed by atoms with E-state index in [4.69, 9.17) is 11.6 Å². The van der Waals surface area contributed by atoms with Crippen LogP contribution in [0.5, 0.6) is 0 Å². The minimum absolute atomic E-state index is 0.199. The van der Waals surface area contributed by atoms with Gasteiger partial charge in [0.2, 0.25) is 0 Å². The van der Waals surface area contributed by atoms with Gasteiger partial charge in [-0.05, 0) is 58.2 Å². The Kier molecular flexibility index (Phi) is 5.89. The summed E-state index contributed by atoms with van der Waals surface area (Å²) in [6, 6.07) is 5.31. The van der Waals surface area contributed by atoms with Gasteiger partial charge < -0.3 is 10.2 Å². The van der Waals surface area contributed by atoms with Crippen LogP contribution < -0.4 is 5.32 Å². The van der Waals surface area contributed by atoms with Gasteiger partial charge >= 0.3 is 0 Å². The largest absolute Gasteiger partial charge is 0.317 e. The predicted molar refractivity (Wildman–Crippen MR) is 71.1 cm³/mol. The molecule has 2 nitrogen and oxygen atoms in total. The number of halogens is 2. The first-order chi connectivity index (χ1) is 8.02. The average Bonchev–Trinajstić information content (AvgIpc) is 2.28. The van der Waals surface area contributed by atoms with Crippen molar-refractivity contribution in [1.82, 2.24) is 10.2 Å². The predicted octanol–water partition coefficient (Wildman–Crippen LogP) is 2.56. The third kappa shape index (κ3) is 5.02. The molecule has 0 fully saturated rings. The summed E-state index contributed by atoms with van der Waals surface area (Å²) in [5.41, 5.74) is 1.06. The van der Waals surface area contributed by atoms with E-state index in [2.05, 4.69) is 24.3 Å². The Balaban J connectivity index is 2.57. The molecule has 0 aliphatic rings. The summed E-state index contributed by atoms with van der Waals surface area (Å²) in [5, 5.41) is 3.48. The fraction of sp³-hybridized carbons (Fsp3) is 0.538. The van der Waals surface area contributed by atoms with Crippen molar-refractivity contribution in [3.63, 3.8) is 0 Å². The standard InChI is InChI=1S/C13H20ClFN2/c1-16-11(6-7-17(2)3)8-10-4-5-13(15)12(14)9-10/h4-5,9,11,16H,6-8H2,1-3H3. The summed E-state index contributed by atoms with van der Waals surface area (Å²) in [6.07, 6.45) is 1.92. The Bertz CT molecular complexity index is 355. The van der Waals surface area contributed by atoms with Gasteiger partial charge in [-0.1, -0.05) is 17.7 Å². The van der Waals surface area contributed by atoms with E-state index in [0.29, 0.717) is 6.04 Å². The van der Waals surface area contributed by atoms with E-state index in [1.165, 1.54) is 6.07 Å². The molecule has 1 N–H and O–H groups in total. The van der Waals surface area contributed by atoms with Crippen molar-refractivity contribution < 1.29 is 4.39 Å². The van der Waals surface area contributed by atoms with Crippen LogP contribution in [0.1, 0.15) is 12.0 Å². The zero-order chi connectivity index (χ0) is 12.8. The van der Waals surface area contributed by atoms with Crippen molar-refractivity contribution in [2.24, 2.45) is 0 Å². The van der Waals surface area contributed by atoms with Crippen molar-refractivity contribution >= 4 is 11.6 Å². The lowest BCUT2D eigenvalue weighted by molar-refractivity contribution is 0.364. The number of likely N-dealkylation sites (N-methyl/N-ethyl adjacent to an activating group) is 1. The quantitative estimate of drug-likeness (QED) is 0.844. The van der Waals surface area contributed by atoms with Crippen LogP contribution in [0.4, 0.5) is 4.39 Å². The molecule has 1 unspecified atom stereocenters. The second-order valence-corrected chi connectivity index (χ2v) is 4.94. The highest BCUT2D eigenvalue weighted by Crippen LogP contribution is 2.17. The highest BCUT2D eigenvalue weighted by molar-refractivity contribution is 6.30. The molecule has 0 aliphatic carbocycles. The van der Waals surface area contributed by atoms with E-state index >= 15 is 0 Å². The molecule has 96 valence electrons. The van der Waals surface area contributed by atoms with Crippen molar-refractivity contribution in [2.75, 3.05) is 27.7 Å². The maximum Gasteiger partial charge on any atom is 0.141 e. The second-order valence-electron chi connectivity index (χ2n) is 4.53. The molecule has 1 aromatic rings. The van der Waals surface area contributed by atoms with E-state index in [9.17, 15) is 4.39 Å². The van der Waals surface area contributed by atoms with Crippen LogP contribution in [0.15, 0.2) is 18.2 Å². The summed E-state index contributed by atoms with van der Waals surface area (Å²) >= 11 is 5.76. The van der Waals surface area contributed by atoms with Crippen LogP contribution in [0.25, 0.3) is 0 Å². The van der Waals surface area contributed by atoms with Crippen LogP contribution in [-0.2, 0) is 6.42 Å². The molecule has 0 spiro atoms. The topological polar surface area (TPSA) is 15.3 Å². The zero-order valence-corrected chi connectivity index (χ0v) is 11.4. The molecule has 1 aromatic carbocycles. The number of hydrogen-bond acceptors (Lipinski definition) is 2. The van der Waals surface area contributed by atoms with E-state index in [0.717, 1.165) is 24.9 Å². The molecule has 0 heterocycles. The number of nitrogens with one attached hydrogen (secondary N) is 1. The molecule has 0 bridgehead atoms. The molecule has 0 saturated carbocycles. The van der Waals surface area contributed by atoms with Crippen LogP contribution in [0.3, 0.4) is 0 Å². The van der Waals surface area contributed by atoms with Gasteiger partial charge in [0.05, 0.1) is 5.02 Å². The summed E-state index contributed by atoms with van der Waals surface area (Å²) in [7, 11) is 6.06. The van der Waals surface area contributed by atoms with Crippen molar-refractivity contribution in [1.29, 1.82) is 0 Å². The molecule has 0 saturated heterocycles. The number of nitrogens with zero attached hydrogens (tertiary/aromatic N) is 1. The van der Waals surface area contributed by atoms with Gasteiger partial charge in [0.25, 0.3) is 0 Å². The maximum absolute atomic E-state index is 13.0. The Morgan fingerprint density at radius 2 is 2.12 bits per heavy atom. The van der Waals surface area contributed by atoms with E-state index < -0.39 is 0 Å². The van der Waals surface area contributed by atoms with Gasteiger partial charge in [0.15, 0.2) is 0 Å². The van der Waals surface area contributed by atoms with Crippen LogP contribution >= 0.6 is 11.6 Å². The maximum atomic E-state index is 13.0. The van der Waals surface area contributed by atoms with Crippen molar-refractivity contribution in [3.8, 4) is 0 Å². The molecule has 1 atom stereocenters. The Labute approximate surface area is 108 Å². The minimum atomic E-state index is -0.357. The van der Waals surface area contributed by atoms with Gasteiger partial charge in [-0.15, -0.1) is 0 Å². The van der Waals surface area contributed by atoms with E-state index in [1.54, 1.807) is 12.1 Å². The molecule has 17 heavy (non-hydrogen) atoms. The Hall–Kier alpha value is -0.640. The smallest absolute Gasteiger partial charge is 0.141 e. The lowest BCUT2D eigenvalue weighted by Crippen LogP contribution is -2.31. The Morgan fingerprint density at radius 1 is 1.41 bits per heavy atom. The monoisotopic (exact) mass is 258 g/mol. The zero-order valence-electron chi connectivity index (χ0n) is 10.6. The lowest BCUT2D eigenvalue weighted by Gasteiger charge is -2.19. The summed E-state index contributed by atoms with van der Waals surface area (Å²) in [4.78, 5) is 2.15. The third-order valence-electron chi connectivity index (χ3n) is 2.80. The summed E-state index contributed by atoms with van der Waals surface area (Å²) < 4.78 is 13.0. The molecular weight excluding hydrogens is 239 g/mol. The molecule has 0 radical (unpaired) electrons. The van der Waals surface area contributed by atoms with Gasteiger partial charge in [0, 0.05) is 6.04 Å². The third-order valence-corrected chi connectivity index (χ3v) is 3.09. The van der Waals surface area contributed by atoms with Gasteiger partial charge in [-0.25, -0.2) is 4.39 Å². The lowest BCUT2D eigenvalue weighted by atomic mass is 10.0. The molecule has 0 aromatic heterocycles.